The summed E-state index contributed by atoms with van der Waals surface area (Å²) in [6, 6.07) is 2.22. The number of methoxy groups -OCH3 is 2. The van der Waals surface area contributed by atoms with Crippen molar-refractivity contribution in [2.24, 2.45) is 5.92 Å². The highest BCUT2D eigenvalue weighted by atomic mass is 19.1. The largest absolute Gasteiger partial charge is 0.493 e. The van der Waals surface area contributed by atoms with E-state index in [9.17, 15) is 9.59 Å². The van der Waals surface area contributed by atoms with Crippen LogP contribution in [0.5, 0.6) is 11.5 Å². The maximum atomic E-state index is 15.1. The minimum Gasteiger partial charge on any atom is -0.493 e. The normalized spacial score (nSPS) is 13.3. The first-order chi connectivity index (χ1) is 15.2. The summed E-state index contributed by atoms with van der Waals surface area (Å²) >= 11 is 0. The Morgan fingerprint density at radius 3 is 2.34 bits per heavy atom. The molecule has 1 aliphatic rings. The predicted octanol–water partition coefficient (Wildman–Crippen LogP) is 3.62. The number of aromatic nitrogens is 1. The van der Waals surface area contributed by atoms with Crippen molar-refractivity contribution < 1.29 is 27.8 Å². The number of hydrogen-bond acceptors (Lipinski definition) is 5. The number of benzene rings is 1. The van der Waals surface area contributed by atoms with E-state index in [4.69, 9.17) is 9.47 Å². The Morgan fingerprint density at radius 2 is 1.81 bits per heavy atom. The lowest BCUT2D eigenvalue weighted by molar-refractivity contribution is -0.119. The Hall–Kier alpha value is -3.43. The van der Waals surface area contributed by atoms with Gasteiger partial charge >= 0.3 is 6.03 Å². The van der Waals surface area contributed by atoms with E-state index >= 15 is 8.78 Å². The number of amides is 3. The predicted molar refractivity (Wildman–Crippen MR) is 115 cm³/mol. The van der Waals surface area contributed by atoms with Crippen molar-refractivity contribution in [2.75, 3.05) is 30.6 Å². The van der Waals surface area contributed by atoms with Gasteiger partial charge in [0.2, 0.25) is 5.91 Å². The molecule has 1 aliphatic heterocycles. The van der Waals surface area contributed by atoms with E-state index in [0.717, 1.165) is 11.0 Å². The van der Waals surface area contributed by atoms with Crippen LogP contribution in [0, 0.1) is 17.6 Å². The van der Waals surface area contributed by atoms with E-state index in [0.29, 0.717) is 23.5 Å². The number of nitrogens with zero attached hydrogens (tertiary/aromatic N) is 3. The maximum absolute atomic E-state index is 15.1. The van der Waals surface area contributed by atoms with Crippen molar-refractivity contribution in [1.82, 2.24) is 10.3 Å². The van der Waals surface area contributed by atoms with Gasteiger partial charge in [-0.2, -0.15) is 0 Å². The third-order valence-corrected chi connectivity index (χ3v) is 4.99. The fraction of sp³-hybridized carbons (Fsp3) is 0.409. The van der Waals surface area contributed by atoms with Gasteiger partial charge in [0.05, 0.1) is 38.7 Å². The number of anilines is 2. The number of fused-ring (bicyclic) bond motifs is 1. The third kappa shape index (κ3) is 4.44. The zero-order valence-electron chi connectivity index (χ0n) is 18.7. The molecule has 0 bridgehead atoms. The second kappa shape index (κ2) is 9.37. The van der Waals surface area contributed by atoms with Crippen LogP contribution in [0.3, 0.4) is 0 Å². The molecule has 172 valence electrons. The number of pyridine rings is 1. The lowest BCUT2D eigenvalue weighted by Gasteiger charge is -2.38. The first-order valence-electron chi connectivity index (χ1n) is 10.1. The van der Waals surface area contributed by atoms with Gasteiger partial charge in [0.15, 0.2) is 23.1 Å². The van der Waals surface area contributed by atoms with E-state index in [1.54, 1.807) is 12.3 Å². The van der Waals surface area contributed by atoms with E-state index in [1.165, 1.54) is 26.0 Å². The van der Waals surface area contributed by atoms with Crippen LogP contribution in [0.15, 0.2) is 18.3 Å². The number of nitrogens with one attached hydrogen (secondary N) is 1. The van der Waals surface area contributed by atoms with Crippen LogP contribution in [-0.2, 0) is 17.9 Å². The molecule has 10 heteroatoms. The molecule has 0 radical (unpaired) electrons. The van der Waals surface area contributed by atoms with Crippen LogP contribution in [0.1, 0.15) is 32.0 Å². The first kappa shape index (κ1) is 23.2. The second-order valence-corrected chi connectivity index (χ2v) is 7.84. The van der Waals surface area contributed by atoms with Gasteiger partial charge in [-0.25, -0.2) is 13.6 Å². The fourth-order valence-corrected chi connectivity index (χ4v) is 3.51. The molecule has 0 atom stereocenters. The number of carbonyl (C=O) groups is 2. The molecule has 1 aromatic carbocycles. The van der Waals surface area contributed by atoms with Crippen molar-refractivity contribution in [2.45, 2.75) is 33.9 Å². The quantitative estimate of drug-likeness (QED) is 0.700. The summed E-state index contributed by atoms with van der Waals surface area (Å²) in [5.74, 6) is -2.60. The number of ether oxygens (including phenoxy) is 2. The molecule has 3 rings (SSSR count). The smallest absolute Gasteiger partial charge is 0.329 e. The van der Waals surface area contributed by atoms with Crippen molar-refractivity contribution in [1.29, 1.82) is 0 Å². The molecular weight excluding hydrogens is 422 g/mol. The summed E-state index contributed by atoms with van der Waals surface area (Å²) in [5.41, 5.74) is 1.21. The first-order valence-corrected chi connectivity index (χ1v) is 10.1. The highest BCUT2D eigenvalue weighted by molar-refractivity contribution is 6.06. The highest BCUT2D eigenvalue weighted by Crippen LogP contribution is 2.41. The molecule has 32 heavy (non-hydrogen) atoms. The van der Waals surface area contributed by atoms with Gasteiger partial charge in [0.1, 0.15) is 5.69 Å². The molecule has 0 saturated carbocycles. The van der Waals surface area contributed by atoms with E-state index < -0.39 is 23.4 Å². The zero-order valence-corrected chi connectivity index (χ0v) is 18.7. The van der Waals surface area contributed by atoms with Crippen molar-refractivity contribution in [3.8, 4) is 11.5 Å². The van der Waals surface area contributed by atoms with Gasteiger partial charge in [0.25, 0.3) is 0 Å². The van der Waals surface area contributed by atoms with Crippen LogP contribution in [0.25, 0.3) is 0 Å². The molecule has 1 aromatic heterocycles. The average Bonchev–Trinajstić information content (AvgIpc) is 2.75. The molecule has 0 saturated heterocycles. The second-order valence-electron chi connectivity index (χ2n) is 7.84. The van der Waals surface area contributed by atoms with E-state index in [1.807, 2.05) is 13.8 Å². The number of hydrogen-bond donors (Lipinski definition) is 1. The molecule has 0 fully saturated rings. The number of halogens is 2. The highest BCUT2D eigenvalue weighted by Gasteiger charge is 2.37. The lowest BCUT2D eigenvalue weighted by Crippen LogP contribution is -2.49. The molecule has 0 aliphatic carbocycles. The van der Waals surface area contributed by atoms with Crippen molar-refractivity contribution in [3.63, 3.8) is 0 Å². The van der Waals surface area contributed by atoms with Crippen molar-refractivity contribution in [3.05, 3.63) is 41.2 Å². The molecule has 0 unspecified atom stereocenters. The third-order valence-electron chi connectivity index (χ3n) is 4.99. The van der Waals surface area contributed by atoms with Gasteiger partial charge in [-0.1, -0.05) is 13.8 Å². The van der Waals surface area contributed by atoms with Gasteiger partial charge < -0.3 is 14.8 Å². The molecule has 2 aromatic rings. The molecule has 0 spiro atoms. The Balaban J connectivity index is 2.11. The number of carbonyl (C=O) groups excluding carboxylic acids is 2. The summed E-state index contributed by atoms with van der Waals surface area (Å²) in [6.45, 7) is 5.68. The van der Waals surface area contributed by atoms with Gasteiger partial charge in [-0.3, -0.25) is 19.6 Å². The summed E-state index contributed by atoms with van der Waals surface area (Å²) < 4.78 is 40.3. The Labute approximate surface area is 185 Å². The topological polar surface area (TPSA) is 84.0 Å². The van der Waals surface area contributed by atoms with Crippen LogP contribution in [0.4, 0.5) is 25.0 Å². The minimum absolute atomic E-state index is 0.0771. The van der Waals surface area contributed by atoms with E-state index in [2.05, 4.69) is 10.3 Å². The van der Waals surface area contributed by atoms with E-state index in [-0.39, 0.29) is 36.4 Å². The van der Waals surface area contributed by atoms with Crippen LogP contribution >= 0.6 is 0 Å². The average molecular weight is 448 g/mol. The fourth-order valence-electron chi connectivity index (χ4n) is 3.51. The minimum atomic E-state index is -0.998. The number of rotatable bonds is 7. The van der Waals surface area contributed by atoms with Crippen molar-refractivity contribution >= 4 is 23.3 Å². The van der Waals surface area contributed by atoms with Gasteiger partial charge in [0, 0.05) is 31.3 Å². The summed E-state index contributed by atoms with van der Waals surface area (Å²) in [4.78, 5) is 31.5. The lowest BCUT2D eigenvalue weighted by atomic mass is 10.1. The maximum Gasteiger partial charge on any atom is 0.329 e. The summed E-state index contributed by atoms with van der Waals surface area (Å²) in [5, 5.41) is 2.67. The number of urea groups is 1. The Bertz CT molecular complexity index is 1020. The zero-order chi connectivity index (χ0) is 23.6. The summed E-state index contributed by atoms with van der Waals surface area (Å²) in [6.07, 6.45) is 1.55. The van der Waals surface area contributed by atoms with Gasteiger partial charge in [-0.15, -0.1) is 0 Å². The van der Waals surface area contributed by atoms with Gasteiger partial charge in [-0.05, 0) is 12.0 Å². The van der Waals surface area contributed by atoms with Crippen LogP contribution < -0.4 is 24.6 Å². The van der Waals surface area contributed by atoms with Crippen LogP contribution in [0.2, 0.25) is 0 Å². The molecule has 3 amide bonds. The monoisotopic (exact) mass is 448 g/mol. The molecular formula is C22H26F2N4O4. The molecule has 1 N–H and O–H groups in total. The molecule has 8 nitrogen and oxygen atoms in total. The van der Waals surface area contributed by atoms with Crippen LogP contribution in [-0.4, -0.2) is 37.7 Å². The molecule has 2 heterocycles. The Morgan fingerprint density at radius 1 is 1.19 bits per heavy atom. The summed E-state index contributed by atoms with van der Waals surface area (Å²) in [7, 11) is 2.50. The Kier molecular flexibility index (Phi) is 6.81. The SMILES string of the molecule is COc1cc(OC)c(F)c(N2Cc3cnc(CNC(C)=O)cc3N(CC(C)C)C2=O)c1F. The standard InChI is InChI=1S/C22H26F2N4O4/c1-12(2)10-27-16-6-15(9-25-13(3)29)26-8-14(16)11-28(22(27)30)21-19(23)17(31-4)7-18(32-5)20(21)24/h6-8,12H,9-11H2,1-5H3,(H,25,29).